The summed E-state index contributed by atoms with van der Waals surface area (Å²) >= 11 is 0. The Hall–Kier alpha value is -2.17. The number of aliphatic carboxylic acids is 2. The normalized spacial score (nSPS) is 11.8. The number of carbonyl (C=O) groups is 3. The zero-order chi connectivity index (χ0) is 12.3. The molecule has 5 nitrogen and oxygen atoms in total. The van der Waals surface area contributed by atoms with Gasteiger partial charge in [0, 0.05) is 17.5 Å². The SMILES string of the molecule is CC(C(=O)[O-])c1cccc(C(=O)C(=O)[O-])c1. The van der Waals surface area contributed by atoms with Gasteiger partial charge in [-0.05, 0) is 11.6 Å². The largest absolute Gasteiger partial charge is 0.550 e. The Morgan fingerprint density at radius 2 is 1.81 bits per heavy atom. The Morgan fingerprint density at radius 1 is 1.19 bits per heavy atom. The van der Waals surface area contributed by atoms with E-state index in [-0.39, 0.29) is 5.56 Å². The second-order valence-electron chi connectivity index (χ2n) is 3.28. The van der Waals surface area contributed by atoms with Gasteiger partial charge in [0.15, 0.2) is 0 Å². The van der Waals surface area contributed by atoms with Crippen molar-refractivity contribution in [1.29, 1.82) is 0 Å². The van der Waals surface area contributed by atoms with E-state index in [0.29, 0.717) is 5.56 Å². The van der Waals surface area contributed by atoms with Crippen LogP contribution in [0.4, 0.5) is 0 Å². The molecule has 1 rings (SSSR count). The van der Waals surface area contributed by atoms with Crippen molar-refractivity contribution in [3.63, 3.8) is 0 Å². The molecule has 1 unspecified atom stereocenters. The van der Waals surface area contributed by atoms with Crippen molar-refractivity contribution in [2.75, 3.05) is 0 Å². The summed E-state index contributed by atoms with van der Waals surface area (Å²) in [5.41, 5.74) is 0.206. The van der Waals surface area contributed by atoms with Gasteiger partial charge in [-0.25, -0.2) is 0 Å². The number of hydrogen-bond donors (Lipinski definition) is 0. The van der Waals surface area contributed by atoms with Crippen molar-refractivity contribution < 1.29 is 24.6 Å². The maximum absolute atomic E-state index is 11.1. The van der Waals surface area contributed by atoms with E-state index in [9.17, 15) is 24.6 Å². The van der Waals surface area contributed by atoms with E-state index >= 15 is 0 Å². The minimum Gasteiger partial charge on any atom is -0.550 e. The predicted molar refractivity (Wildman–Crippen MR) is 49.2 cm³/mol. The van der Waals surface area contributed by atoms with Gasteiger partial charge in [-0.15, -0.1) is 0 Å². The van der Waals surface area contributed by atoms with Crippen LogP contribution >= 0.6 is 0 Å². The van der Waals surface area contributed by atoms with Crippen molar-refractivity contribution >= 4 is 17.7 Å². The fraction of sp³-hybridized carbons (Fsp3) is 0.182. The van der Waals surface area contributed by atoms with Gasteiger partial charge in [0.25, 0.3) is 0 Å². The fourth-order valence-corrected chi connectivity index (χ4v) is 1.20. The molecule has 0 radical (unpaired) electrons. The van der Waals surface area contributed by atoms with E-state index in [2.05, 4.69) is 0 Å². The minimum atomic E-state index is -1.82. The van der Waals surface area contributed by atoms with Crippen LogP contribution < -0.4 is 10.2 Å². The number of carboxylic acid groups (broad SMARTS) is 2. The molecule has 0 aliphatic rings. The zero-order valence-electron chi connectivity index (χ0n) is 8.43. The molecule has 0 heterocycles. The average Bonchev–Trinajstić information content (AvgIpc) is 2.26. The lowest BCUT2D eigenvalue weighted by Gasteiger charge is -2.13. The van der Waals surface area contributed by atoms with Crippen molar-refractivity contribution in [1.82, 2.24) is 0 Å². The summed E-state index contributed by atoms with van der Waals surface area (Å²) in [6.07, 6.45) is 0. The van der Waals surface area contributed by atoms with Crippen LogP contribution in [-0.2, 0) is 9.59 Å². The number of rotatable bonds is 4. The smallest absolute Gasteiger partial charge is 0.208 e. The molecule has 1 aromatic carbocycles. The number of carboxylic acids is 2. The highest BCUT2D eigenvalue weighted by atomic mass is 16.4. The maximum Gasteiger partial charge on any atom is 0.208 e. The van der Waals surface area contributed by atoms with Crippen LogP contribution in [0.3, 0.4) is 0 Å². The Morgan fingerprint density at radius 3 is 2.31 bits per heavy atom. The van der Waals surface area contributed by atoms with Crippen molar-refractivity contribution in [3.8, 4) is 0 Å². The molecule has 0 bridgehead atoms. The lowest BCUT2D eigenvalue weighted by atomic mass is 9.98. The third kappa shape index (κ3) is 2.44. The van der Waals surface area contributed by atoms with Gasteiger partial charge < -0.3 is 19.8 Å². The number of carbonyl (C=O) groups excluding carboxylic acids is 3. The molecule has 5 heteroatoms. The first-order valence-electron chi connectivity index (χ1n) is 4.50. The van der Waals surface area contributed by atoms with Crippen LogP contribution in [0.2, 0.25) is 0 Å². The first-order valence-corrected chi connectivity index (χ1v) is 4.50. The molecule has 0 amide bonds. The molecule has 0 spiro atoms. The number of hydrogen-bond acceptors (Lipinski definition) is 5. The highest BCUT2D eigenvalue weighted by Gasteiger charge is 2.11. The van der Waals surface area contributed by atoms with E-state index < -0.39 is 23.6 Å². The highest BCUT2D eigenvalue weighted by Crippen LogP contribution is 2.16. The third-order valence-corrected chi connectivity index (χ3v) is 2.19. The summed E-state index contributed by atoms with van der Waals surface area (Å²) in [6, 6.07) is 5.37. The number of Topliss-reactive ketones (excluding diaryl/α,β-unsaturated/α-hetero) is 1. The molecule has 84 valence electrons. The van der Waals surface area contributed by atoms with Crippen LogP contribution in [0.1, 0.15) is 28.8 Å². The van der Waals surface area contributed by atoms with E-state index in [1.54, 1.807) is 0 Å². The molecule has 0 aliphatic heterocycles. The van der Waals surface area contributed by atoms with E-state index in [4.69, 9.17) is 0 Å². The van der Waals surface area contributed by atoms with Crippen molar-refractivity contribution in [3.05, 3.63) is 35.4 Å². The van der Waals surface area contributed by atoms with Crippen molar-refractivity contribution in [2.45, 2.75) is 12.8 Å². The molecule has 0 saturated heterocycles. The van der Waals surface area contributed by atoms with Gasteiger partial charge in [0.1, 0.15) is 5.97 Å². The fourth-order valence-electron chi connectivity index (χ4n) is 1.20. The van der Waals surface area contributed by atoms with Gasteiger partial charge in [-0.3, -0.25) is 4.79 Å². The van der Waals surface area contributed by atoms with Crippen LogP contribution in [0.15, 0.2) is 24.3 Å². The van der Waals surface area contributed by atoms with E-state index in [1.165, 1.54) is 31.2 Å². The first kappa shape index (κ1) is 11.9. The molecule has 16 heavy (non-hydrogen) atoms. The molecule has 0 saturated carbocycles. The Kier molecular flexibility index (Phi) is 3.40. The van der Waals surface area contributed by atoms with Crippen LogP contribution in [0, 0.1) is 0 Å². The second-order valence-corrected chi connectivity index (χ2v) is 3.28. The van der Waals surface area contributed by atoms with E-state index in [0.717, 1.165) is 0 Å². The zero-order valence-corrected chi connectivity index (χ0v) is 8.43. The summed E-state index contributed by atoms with van der Waals surface area (Å²) < 4.78 is 0. The van der Waals surface area contributed by atoms with Gasteiger partial charge in [-0.1, -0.05) is 25.1 Å². The second kappa shape index (κ2) is 4.57. The van der Waals surface area contributed by atoms with Gasteiger partial charge in [-0.2, -0.15) is 0 Å². The predicted octanol–water partition coefficient (Wildman–Crippen LogP) is -1.53. The molecule has 0 N–H and O–H groups in total. The van der Waals surface area contributed by atoms with Gasteiger partial charge in [0.2, 0.25) is 5.78 Å². The molecule has 0 aliphatic carbocycles. The highest BCUT2D eigenvalue weighted by molar-refractivity contribution is 6.39. The lowest BCUT2D eigenvalue weighted by molar-refractivity contribution is -0.307. The summed E-state index contributed by atoms with van der Waals surface area (Å²) in [7, 11) is 0. The monoisotopic (exact) mass is 220 g/mol. The third-order valence-electron chi connectivity index (χ3n) is 2.19. The standard InChI is InChI=1S/C11H10O5/c1-6(10(13)14)7-3-2-4-8(5-7)9(12)11(15)16/h2-6H,1H3,(H,13,14)(H,15,16)/p-2. The van der Waals surface area contributed by atoms with Gasteiger partial charge in [0.05, 0.1) is 0 Å². The van der Waals surface area contributed by atoms with Crippen LogP contribution in [-0.4, -0.2) is 17.7 Å². The number of benzene rings is 1. The van der Waals surface area contributed by atoms with Crippen LogP contribution in [0.25, 0.3) is 0 Å². The topological polar surface area (TPSA) is 97.3 Å². The molecule has 1 aromatic rings. The maximum atomic E-state index is 11.1. The van der Waals surface area contributed by atoms with E-state index in [1.807, 2.05) is 0 Å². The molecule has 0 fully saturated rings. The average molecular weight is 220 g/mol. The Balaban J connectivity index is 3.09. The summed E-state index contributed by atoms with van der Waals surface area (Å²) in [4.78, 5) is 32.0. The summed E-state index contributed by atoms with van der Waals surface area (Å²) in [6.45, 7) is 1.39. The molecule has 1 atom stereocenters. The Bertz CT molecular complexity index is 449. The summed E-state index contributed by atoms with van der Waals surface area (Å²) in [5, 5.41) is 20.9. The van der Waals surface area contributed by atoms with Crippen LogP contribution in [0.5, 0.6) is 0 Å². The Labute approximate surface area is 91.3 Å². The van der Waals surface area contributed by atoms with Crippen molar-refractivity contribution in [2.24, 2.45) is 0 Å². The molecule has 0 aromatic heterocycles. The first-order chi connectivity index (χ1) is 7.43. The lowest BCUT2D eigenvalue weighted by Crippen LogP contribution is -2.32. The summed E-state index contributed by atoms with van der Waals surface area (Å²) in [5.74, 6) is -5.20. The van der Waals surface area contributed by atoms with Gasteiger partial charge >= 0.3 is 0 Å². The molecular weight excluding hydrogens is 212 g/mol. The number of ketones is 1. The minimum absolute atomic E-state index is 0.106. The molecular formula is C11H8O5-2. The quantitative estimate of drug-likeness (QED) is 0.453.